The summed E-state index contributed by atoms with van der Waals surface area (Å²) in [7, 11) is 0. The van der Waals surface area contributed by atoms with Crippen molar-refractivity contribution in [2.45, 2.75) is 44.8 Å². The molecule has 2 aliphatic rings. The van der Waals surface area contributed by atoms with Gasteiger partial charge in [0.15, 0.2) is 0 Å². The molecule has 1 aliphatic carbocycles. The molecular weight excluding hydrogens is 302 g/mol. The van der Waals surface area contributed by atoms with Crippen molar-refractivity contribution in [2.75, 3.05) is 24.5 Å². The lowest BCUT2D eigenvalue weighted by Gasteiger charge is -2.43. The minimum absolute atomic E-state index is 0.0238. The van der Waals surface area contributed by atoms with Crippen LogP contribution in [0.4, 0.5) is 10.6 Å². The van der Waals surface area contributed by atoms with E-state index in [0.29, 0.717) is 18.1 Å². The van der Waals surface area contributed by atoms with Crippen LogP contribution in [0.2, 0.25) is 5.02 Å². The largest absolute Gasteiger partial charge is 0.444 e. The first-order valence-corrected chi connectivity index (χ1v) is 8.04. The summed E-state index contributed by atoms with van der Waals surface area (Å²) in [6.45, 7) is 7.81. The third kappa shape index (κ3) is 3.14. The predicted molar refractivity (Wildman–Crippen MR) is 86.4 cm³/mol. The van der Waals surface area contributed by atoms with Gasteiger partial charge in [-0.2, -0.15) is 0 Å². The average Bonchev–Trinajstić information content (AvgIpc) is 3.18. The molecular formula is C16H22ClN3O2. The zero-order valence-electron chi connectivity index (χ0n) is 13.3. The average molecular weight is 324 g/mol. The highest BCUT2D eigenvalue weighted by Crippen LogP contribution is 2.46. The molecule has 1 aromatic heterocycles. The van der Waals surface area contributed by atoms with Gasteiger partial charge in [-0.05, 0) is 45.7 Å². The van der Waals surface area contributed by atoms with Crippen LogP contribution in [-0.4, -0.2) is 46.8 Å². The summed E-state index contributed by atoms with van der Waals surface area (Å²) >= 11 is 5.91. The Labute approximate surface area is 136 Å². The van der Waals surface area contributed by atoms with Crippen LogP contribution in [0, 0.1) is 0 Å². The maximum Gasteiger partial charge on any atom is 0.410 e. The third-order valence-corrected chi connectivity index (χ3v) is 4.34. The fourth-order valence-electron chi connectivity index (χ4n) is 2.92. The summed E-state index contributed by atoms with van der Waals surface area (Å²) in [6.07, 6.45) is 3.61. The SMILES string of the molecule is CC(C)(C)OC(=O)N1CCN(c2ccc(Cl)cn2)C2(CC2)C1. The molecule has 1 amide bonds. The fourth-order valence-corrected chi connectivity index (χ4v) is 3.03. The van der Waals surface area contributed by atoms with Crippen LogP contribution >= 0.6 is 11.6 Å². The van der Waals surface area contributed by atoms with Crippen molar-refractivity contribution in [3.8, 4) is 0 Å². The highest BCUT2D eigenvalue weighted by molar-refractivity contribution is 6.30. The molecule has 0 bridgehead atoms. The Kier molecular flexibility index (Phi) is 3.71. The number of ether oxygens (including phenoxy) is 1. The van der Waals surface area contributed by atoms with Crippen molar-refractivity contribution in [1.29, 1.82) is 0 Å². The first kappa shape index (κ1) is 15.4. The van der Waals surface area contributed by atoms with E-state index in [-0.39, 0.29) is 11.6 Å². The van der Waals surface area contributed by atoms with Gasteiger partial charge in [0.2, 0.25) is 0 Å². The smallest absolute Gasteiger partial charge is 0.410 e. The molecule has 1 aromatic rings. The van der Waals surface area contributed by atoms with E-state index in [0.717, 1.165) is 25.2 Å². The maximum absolute atomic E-state index is 12.3. The highest BCUT2D eigenvalue weighted by atomic mass is 35.5. The summed E-state index contributed by atoms with van der Waals surface area (Å²) in [6, 6.07) is 3.81. The van der Waals surface area contributed by atoms with Crippen molar-refractivity contribution in [3.05, 3.63) is 23.4 Å². The lowest BCUT2D eigenvalue weighted by atomic mass is 10.1. The van der Waals surface area contributed by atoms with Crippen molar-refractivity contribution in [3.63, 3.8) is 0 Å². The van der Waals surface area contributed by atoms with Crippen LogP contribution in [0.5, 0.6) is 0 Å². The van der Waals surface area contributed by atoms with Crippen LogP contribution in [0.15, 0.2) is 18.3 Å². The summed E-state index contributed by atoms with van der Waals surface area (Å²) in [5, 5.41) is 0.640. The molecule has 2 heterocycles. The minimum atomic E-state index is -0.456. The summed E-state index contributed by atoms with van der Waals surface area (Å²) < 4.78 is 5.49. The van der Waals surface area contributed by atoms with Gasteiger partial charge in [-0.3, -0.25) is 0 Å². The minimum Gasteiger partial charge on any atom is -0.444 e. The van der Waals surface area contributed by atoms with E-state index in [4.69, 9.17) is 16.3 Å². The van der Waals surface area contributed by atoms with E-state index in [1.165, 1.54) is 0 Å². The molecule has 22 heavy (non-hydrogen) atoms. The molecule has 0 atom stereocenters. The summed E-state index contributed by atoms with van der Waals surface area (Å²) in [4.78, 5) is 20.8. The van der Waals surface area contributed by atoms with E-state index < -0.39 is 5.60 Å². The Morgan fingerprint density at radius 3 is 2.59 bits per heavy atom. The van der Waals surface area contributed by atoms with Gasteiger partial charge in [0, 0.05) is 25.8 Å². The molecule has 0 radical (unpaired) electrons. The molecule has 0 unspecified atom stereocenters. The van der Waals surface area contributed by atoms with E-state index in [1.54, 1.807) is 6.20 Å². The first-order chi connectivity index (χ1) is 10.3. The van der Waals surface area contributed by atoms with Crippen LogP contribution in [0.25, 0.3) is 0 Å². The van der Waals surface area contributed by atoms with Gasteiger partial charge in [0.25, 0.3) is 0 Å². The van der Waals surface area contributed by atoms with Crippen molar-refractivity contribution in [2.24, 2.45) is 0 Å². The van der Waals surface area contributed by atoms with Crippen LogP contribution < -0.4 is 4.90 Å². The standard InChI is InChI=1S/C16H22ClN3O2/c1-15(2,3)22-14(21)19-8-9-20(16(11-19)6-7-16)13-5-4-12(17)10-18-13/h4-5,10H,6-9,11H2,1-3H3. The van der Waals surface area contributed by atoms with Crippen LogP contribution in [0.1, 0.15) is 33.6 Å². The van der Waals surface area contributed by atoms with Gasteiger partial charge in [0.1, 0.15) is 11.4 Å². The number of nitrogens with zero attached hydrogens (tertiary/aromatic N) is 3. The number of anilines is 1. The van der Waals surface area contributed by atoms with E-state index in [2.05, 4.69) is 9.88 Å². The van der Waals surface area contributed by atoms with E-state index in [1.807, 2.05) is 37.8 Å². The molecule has 1 saturated heterocycles. The van der Waals surface area contributed by atoms with Crippen LogP contribution in [0.3, 0.4) is 0 Å². The number of rotatable bonds is 1. The van der Waals surface area contributed by atoms with Crippen molar-refractivity contribution < 1.29 is 9.53 Å². The molecule has 1 spiro atoms. The number of aromatic nitrogens is 1. The number of piperazine rings is 1. The van der Waals surface area contributed by atoms with Gasteiger partial charge >= 0.3 is 6.09 Å². The monoisotopic (exact) mass is 323 g/mol. The Morgan fingerprint density at radius 1 is 1.32 bits per heavy atom. The number of halogens is 1. The van der Waals surface area contributed by atoms with Gasteiger partial charge in [0.05, 0.1) is 10.6 Å². The fraction of sp³-hybridized carbons (Fsp3) is 0.625. The van der Waals surface area contributed by atoms with Gasteiger partial charge < -0.3 is 14.5 Å². The van der Waals surface area contributed by atoms with Crippen molar-refractivity contribution in [1.82, 2.24) is 9.88 Å². The summed E-state index contributed by atoms with van der Waals surface area (Å²) in [5.74, 6) is 0.936. The maximum atomic E-state index is 12.3. The third-order valence-electron chi connectivity index (χ3n) is 4.12. The second kappa shape index (κ2) is 5.30. The summed E-state index contributed by atoms with van der Waals surface area (Å²) in [5.41, 5.74) is -0.432. The van der Waals surface area contributed by atoms with Gasteiger partial charge in [-0.25, -0.2) is 9.78 Å². The number of pyridine rings is 1. The molecule has 0 aromatic carbocycles. The number of amides is 1. The molecule has 5 nitrogen and oxygen atoms in total. The Morgan fingerprint density at radius 2 is 2.05 bits per heavy atom. The number of carbonyl (C=O) groups is 1. The molecule has 2 fully saturated rings. The quantitative estimate of drug-likeness (QED) is 0.795. The number of hydrogen-bond acceptors (Lipinski definition) is 4. The molecule has 120 valence electrons. The van der Waals surface area contributed by atoms with Crippen molar-refractivity contribution >= 4 is 23.5 Å². The molecule has 6 heteroatoms. The number of carbonyl (C=O) groups excluding carboxylic acids is 1. The molecule has 3 rings (SSSR count). The van der Waals surface area contributed by atoms with E-state index >= 15 is 0 Å². The predicted octanol–water partition coefficient (Wildman–Crippen LogP) is 3.32. The Hall–Kier alpha value is -1.49. The first-order valence-electron chi connectivity index (χ1n) is 7.66. The zero-order valence-corrected chi connectivity index (χ0v) is 14.1. The number of hydrogen-bond donors (Lipinski definition) is 0. The Bertz CT molecular complexity index is 564. The van der Waals surface area contributed by atoms with E-state index in [9.17, 15) is 4.79 Å². The highest BCUT2D eigenvalue weighted by Gasteiger charge is 2.53. The van der Waals surface area contributed by atoms with Gasteiger partial charge in [-0.1, -0.05) is 11.6 Å². The lowest BCUT2D eigenvalue weighted by molar-refractivity contribution is 0.0205. The normalized spacial score (nSPS) is 20.2. The molecule has 1 aliphatic heterocycles. The van der Waals surface area contributed by atoms with Crippen LogP contribution in [-0.2, 0) is 4.74 Å². The topological polar surface area (TPSA) is 45.7 Å². The second-order valence-electron chi connectivity index (χ2n) is 7.11. The molecule has 0 N–H and O–H groups in total. The zero-order chi connectivity index (χ0) is 16.0. The van der Waals surface area contributed by atoms with Gasteiger partial charge in [-0.15, -0.1) is 0 Å². The Balaban J connectivity index is 1.71. The second-order valence-corrected chi connectivity index (χ2v) is 7.55. The molecule has 1 saturated carbocycles. The lowest BCUT2D eigenvalue weighted by Crippen LogP contribution is -2.57.